The number of hydrogen-bond donors (Lipinski definition) is 0. The number of hydrogen-bond acceptors (Lipinski definition) is 5. The van der Waals surface area contributed by atoms with Crippen LogP contribution >= 0.6 is 15.9 Å². The molecule has 0 spiro atoms. The van der Waals surface area contributed by atoms with E-state index in [-0.39, 0.29) is 24.1 Å². The van der Waals surface area contributed by atoms with E-state index < -0.39 is 10.0 Å². The Morgan fingerprint density at radius 3 is 2.65 bits per heavy atom. The highest BCUT2D eigenvalue weighted by Gasteiger charge is 2.21. The molecular weight excluding hydrogens is 425 g/mol. The first-order chi connectivity index (χ1) is 12.2. The summed E-state index contributed by atoms with van der Waals surface area (Å²) in [6.07, 6.45) is 1.10. The SMILES string of the molecule is Cc1ccc(-c2noc(CN(c3cccc(Br)c3)S(C)(=O)=O)n2)cc1F. The smallest absolute Gasteiger partial charge is 0.247 e. The Hall–Kier alpha value is -2.26. The number of aromatic nitrogens is 2. The molecule has 0 radical (unpaired) electrons. The van der Waals surface area contributed by atoms with Crippen LogP contribution in [0.15, 0.2) is 51.5 Å². The fourth-order valence-corrected chi connectivity index (χ4v) is 3.55. The lowest BCUT2D eigenvalue weighted by Crippen LogP contribution is -2.29. The van der Waals surface area contributed by atoms with Gasteiger partial charge in [0, 0.05) is 10.0 Å². The molecule has 0 unspecified atom stereocenters. The second-order valence-electron chi connectivity index (χ2n) is 5.73. The number of anilines is 1. The lowest BCUT2D eigenvalue weighted by molar-refractivity contribution is 0.380. The third-order valence-electron chi connectivity index (χ3n) is 3.67. The summed E-state index contributed by atoms with van der Waals surface area (Å²) < 4.78 is 45.1. The van der Waals surface area contributed by atoms with Crippen LogP contribution in [0, 0.1) is 12.7 Å². The standard InChI is InChI=1S/C17H15BrFN3O3S/c1-11-6-7-12(8-15(11)19)17-20-16(25-21-17)10-22(26(2,23)24)14-5-3-4-13(18)9-14/h3-9H,10H2,1-2H3. The Bertz CT molecular complexity index is 1050. The van der Waals surface area contributed by atoms with Gasteiger partial charge in [-0.1, -0.05) is 39.3 Å². The largest absolute Gasteiger partial charge is 0.337 e. The molecule has 26 heavy (non-hydrogen) atoms. The molecule has 0 amide bonds. The van der Waals surface area contributed by atoms with Gasteiger partial charge in [-0.25, -0.2) is 12.8 Å². The van der Waals surface area contributed by atoms with E-state index in [4.69, 9.17) is 4.52 Å². The molecule has 0 aliphatic heterocycles. The first-order valence-corrected chi connectivity index (χ1v) is 10.2. The summed E-state index contributed by atoms with van der Waals surface area (Å²) in [5.74, 6) is -0.0753. The average Bonchev–Trinajstić information content (AvgIpc) is 3.03. The molecule has 0 saturated carbocycles. The molecule has 1 aromatic heterocycles. The molecule has 0 atom stereocenters. The molecule has 3 rings (SSSR count). The van der Waals surface area contributed by atoms with Crippen molar-refractivity contribution in [3.8, 4) is 11.4 Å². The first-order valence-electron chi connectivity index (χ1n) is 7.56. The predicted octanol–water partition coefficient (Wildman–Crippen LogP) is 3.91. The summed E-state index contributed by atoms with van der Waals surface area (Å²) in [6, 6.07) is 11.5. The van der Waals surface area contributed by atoms with Crippen LogP contribution in [-0.4, -0.2) is 24.8 Å². The molecule has 136 valence electrons. The van der Waals surface area contributed by atoms with Crippen molar-refractivity contribution in [2.45, 2.75) is 13.5 Å². The second-order valence-corrected chi connectivity index (χ2v) is 8.55. The van der Waals surface area contributed by atoms with Crippen LogP contribution in [0.3, 0.4) is 0 Å². The number of sulfonamides is 1. The van der Waals surface area contributed by atoms with Crippen molar-refractivity contribution in [1.29, 1.82) is 0 Å². The maximum absolute atomic E-state index is 13.7. The van der Waals surface area contributed by atoms with E-state index in [0.717, 1.165) is 15.0 Å². The lowest BCUT2D eigenvalue weighted by Gasteiger charge is -2.20. The molecule has 2 aromatic carbocycles. The highest BCUT2D eigenvalue weighted by molar-refractivity contribution is 9.10. The number of aryl methyl sites for hydroxylation is 1. The van der Waals surface area contributed by atoms with Gasteiger partial charge in [-0.2, -0.15) is 4.98 Å². The molecule has 3 aromatic rings. The highest BCUT2D eigenvalue weighted by Crippen LogP contribution is 2.25. The number of nitrogens with zero attached hydrogens (tertiary/aromatic N) is 3. The van der Waals surface area contributed by atoms with Crippen molar-refractivity contribution >= 4 is 31.6 Å². The van der Waals surface area contributed by atoms with Crippen LogP contribution in [0.2, 0.25) is 0 Å². The minimum atomic E-state index is -3.58. The van der Waals surface area contributed by atoms with Gasteiger partial charge in [-0.15, -0.1) is 0 Å². The zero-order valence-corrected chi connectivity index (χ0v) is 16.4. The van der Waals surface area contributed by atoms with Crippen molar-refractivity contribution in [2.75, 3.05) is 10.6 Å². The number of rotatable bonds is 5. The van der Waals surface area contributed by atoms with Gasteiger partial charge in [0.25, 0.3) is 0 Å². The van der Waals surface area contributed by atoms with E-state index in [1.165, 1.54) is 6.07 Å². The van der Waals surface area contributed by atoms with Gasteiger partial charge in [-0.3, -0.25) is 4.31 Å². The third-order valence-corrected chi connectivity index (χ3v) is 5.31. The summed E-state index contributed by atoms with van der Waals surface area (Å²) in [6.45, 7) is 1.53. The van der Waals surface area contributed by atoms with E-state index in [9.17, 15) is 12.8 Å². The van der Waals surface area contributed by atoms with Gasteiger partial charge in [0.15, 0.2) is 0 Å². The Kier molecular flexibility index (Phi) is 5.10. The minimum Gasteiger partial charge on any atom is -0.337 e. The minimum absolute atomic E-state index is 0.103. The number of halogens is 2. The third kappa shape index (κ3) is 4.10. The lowest BCUT2D eigenvalue weighted by atomic mass is 10.1. The Labute approximate surface area is 158 Å². The van der Waals surface area contributed by atoms with Crippen LogP contribution in [0.25, 0.3) is 11.4 Å². The summed E-state index contributed by atoms with van der Waals surface area (Å²) >= 11 is 3.32. The summed E-state index contributed by atoms with van der Waals surface area (Å²) in [7, 11) is -3.58. The van der Waals surface area contributed by atoms with E-state index in [0.29, 0.717) is 16.8 Å². The fraction of sp³-hybridized carbons (Fsp3) is 0.176. The fourth-order valence-electron chi connectivity index (χ4n) is 2.32. The van der Waals surface area contributed by atoms with Gasteiger partial charge in [0.1, 0.15) is 12.4 Å². The maximum atomic E-state index is 13.7. The highest BCUT2D eigenvalue weighted by atomic mass is 79.9. The van der Waals surface area contributed by atoms with Gasteiger partial charge in [-0.05, 0) is 36.8 Å². The zero-order chi connectivity index (χ0) is 18.9. The van der Waals surface area contributed by atoms with E-state index in [1.807, 2.05) is 0 Å². The van der Waals surface area contributed by atoms with Gasteiger partial charge in [0.05, 0.1) is 11.9 Å². The van der Waals surface area contributed by atoms with Crippen LogP contribution in [0.4, 0.5) is 10.1 Å². The molecule has 0 fully saturated rings. The van der Waals surface area contributed by atoms with Crippen LogP contribution in [0.1, 0.15) is 11.5 Å². The number of benzene rings is 2. The Morgan fingerprint density at radius 2 is 2.00 bits per heavy atom. The summed E-state index contributed by atoms with van der Waals surface area (Å²) in [5.41, 5.74) is 1.43. The van der Waals surface area contributed by atoms with Crippen LogP contribution in [-0.2, 0) is 16.6 Å². The average molecular weight is 440 g/mol. The summed E-state index contributed by atoms with van der Waals surface area (Å²) in [4.78, 5) is 4.19. The van der Waals surface area contributed by atoms with Gasteiger partial charge >= 0.3 is 0 Å². The summed E-state index contributed by atoms with van der Waals surface area (Å²) in [5, 5.41) is 3.82. The Balaban J connectivity index is 1.91. The topological polar surface area (TPSA) is 76.3 Å². The molecule has 0 aliphatic carbocycles. The molecule has 1 heterocycles. The second kappa shape index (κ2) is 7.16. The molecule has 9 heteroatoms. The molecule has 0 aliphatic rings. The normalized spacial score (nSPS) is 11.5. The van der Waals surface area contributed by atoms with Crippen molar-refractivity contribution in [3.63, 3.8) is 0 Å². The van der Waals surface area contributed by atoms with Crippen molar-refractivity contribution in [1.82, 2.24) is 10.1 Å². The first kappa shape index (κ1) is 18.5. The van der Waals surface area contributed by atoms with E-state index in [2.05, 4.69) is 26.1 Å². The van der Waals surface area contributed by atoms with E-state index >= 15 is 0 Å². The quantitative estimate of drug-likeness (QED) is 0.602. The van der Waals surface area contributed by atoms with Crippen molar-refractivity contribution in [2.24, 2.45) is 0 Å². The molecular formula is C17H15BrFN3O3S. The van der Waals surface area contributed by atoms with Crippen LogP contribution < -0.4 is 4.31 Å². The molecule has 6 nitrogen and oxygen atoms in total. The van der Waals surface area contributed by atoms with Gasteiger partial charge < -0.3 is 4.52 Å². The molecule has 0 saturated heterocycles. The van der Waals surface area contributed by atoms with E-state index in [1.54, 1.807) is 43.3 Å². The van der Waals surface area contributed by atoms with Crippen molar-refractivity contribution < 1.29 is 17.3 Å². The maximum Gasteiger partial charge on any atom is 0.247 e. The van der Waals surface area contributed by atoms with Crippen LogP contribution in [0.5, 0.6) is 0 Å². The predicted molar refractivity (Wildman–Crippen MR) is 99.6 cm³/mol. The zero-order valence-electron chi connectivity index (χ0n) is 14.0. The van der Waals surface area contributed by atoms with Crippen molar-refractivity contribution in [3.05, 3.63) is 64.2 Å². The Morgan fingerprint density at radius 1 is 1.23 bits per heavy atom. The monoisotopic (exact) mass is 439 g/mol. The molecule has 0 N–H and O–H groups in total. The van der Waals surface area contributed by atoms with Gasteiger partial charge in [0.2, 0.25) is 21.7 Å². The molecule has 0 bridgehead atoms.